The number of nitrogens with zero attached hydrogens (tertiary/aromatic N) is 2. The third-order valence-corrected chi connectivity index (χ3v) is 3.32. The van der Waals surface area contributed by atoms with E-state index in [-0.39, 0.29) is 18.1 Å². The number of ketones is 1. The summed E-state index contributed by atoms with van der Waals surface area (Å²) in [7, 11) is 0. The Morgan fingerprint density at radius 1 is 1.26 bits per heavy atom. The minimum atomic E-state index is -0.590. The van der Waals surface area contributed by atoms with Crippen LogP contribution in [0.5, 0.6) is 0 Å². The summed E-state index contributed by atoms with van der Waals surface area (Å²) in [5.41, 5.74) is 7.18. The largest absolute Gasteiger partial charge is 0.453 e. The quantitative estimate of drug-likeness (QED) is 0.564. The maximum atomic E-state index is 12.0. The van der Waals surface area contributed by atoms with Gasteiger partial charge in [-0.3, -0.25) is 4.79 Å². The topological polar surface area (TPSA) is 111 Å². The number of hydrogen-bond acceptors (Lipinski definition) is 6. The van der Waals surface area contributed by atoms with Crippen LogP contribution in [0.15, 0.2) is 36.5 Å². The highest BCUT2D eigenvalue weighted by Crippen LogP contribution is 2.17. The van der Waals surface area contributed by atoms with Crippen LogP contribution in [0.4, 0.5) is 5.82 Å². The molecule has 0 aliphatic heterocycles. The second-order valence-electron chi connectivity index (χ2n) is 4.98. The van der Waals surface area contributed by atoms with E-state index in [9.17, 15) is 9.59 Å². The van der Waals surface area contributed by atoms with Gasteiger partial charge >= 0.3 is 5.97 Å². The van der Waals surface area contributed by atoms with Crippen molar-refractivity contribution in [2.45, 2.75) is 13.5 Å². The number of nitrogens with two attached hydrogens (primary N) is 1. The van der Waals surface area contributed by atoms with Crippen LogP contribution in [0.25, 0.3) is 10.9 Å². The number of para-hydroxylation sites is 1. The number of carbonyl (C=O) groups is 2. The van der Waals surface area contributed by atoms with E-state index >= 15 is 0 Å². The maximum Gasteiger partial charge on any atom is 0.355 e. The van der Waals surface area contributed by atoms with Crippen LogP contribution in [0.3, 0.4) is 0 Å². The molecule has 116 valence electrons. The van der Waals surface area contributed by atoms with Crippen LogP contribution in [0.2, 0.25) is 0 Å². The zero-order chi connectivity index (χ0) is 16.4. The van der Waals surface area contributed by atoms with Gasteiger partial charge in [0.25, 0.3) is 0 Å². The van der Waals surface area contributed by atoms with Gasteiger partial charge in [0.05, 0.1) is 5.52 Å². The number of nitrogen functional groups attached to an aromatic ring is 1. The van der Waals surface area contributed by atoms with Crippen LogP contribution in [0.1, 0.15) is 33.6 Å². The van der Waals surface area contributed by atoms with Crippen molar-refractivity contribution in [2.24, 2.45) is 0 Å². The average Bonchev–Trinajstić information content (AvgIpc) is 3.03. The SMILES string of the molecule is CC(=O)c1c[nH]c(C(=O)OCc2nc(N)c3ccccc3n2)c1. The molecular weight excluding hydrogens is 296 g/mol. The molecular formula is C16H14N4O3. The lowest BCUT2D eigenvalue weighted by Crippen LogP contribution is -2.09. The predicted molar refractivity (Wildman–Crippen MR) is 83.9 cm³/mol. The standard InChI is InChI=1S/C16H14N4O3/c1-9(21)10-6-13(18-7-10)16(22)23-8-14-19-12-5-3-2-4-11(12)15(17)20-14/h2-7,18H,8H2,1H3,(H2,17,19,20). The summed E-state index contributed by atoms with van der Waals surface area (Å²) in [6.45, 7) is 1.31. The minimum Gasteiger partial charge on any atom is -0.453 e. The first-order valence-corrected chi connectivity index (χ1v) is 6.92. The molecule has 0 saturated heterocycles. The molecule has 0 amide bonds. The molecule has 3 N–H and O–H groups in total. The highest BCUT2D eigenvalue weighted by molar-refractivity contribution is 5.97. The summed E-state index contributed by atoms with van der Waals surface area (Å²) in [5, 5.41) is 0.748. The fourth-order valence-corrected chi connectivity index (χ4v) is 2.14. The Morgan fingerprint density at radius 2 is 2.04 bits per heavy atom. The lowest BCUT2D eigenvalue weighted by Gasteiger charge is -2.06. The lowest BCUT2D eigenvalue weighted by molar-refractivity contribution is 0.0456. The number of rotatable bonds is 4. The predicted octanol–water partition coefficient (Wildman–Crippen LogP) is 2.10. The van der Waals surface area contributed by atoms with Crippen molar-refractivity contribution < 1.29 is 14.3 Å². The van der Waals surface area contributed by atoms with Crippen molar-refractivity contribution >= 4 is 28.5 Å². The number of H-pyrrole nitrogens is 1. The van der Waals surface area contributed by atoms with Crippen LogP contribution in [-0.4, -0.2) is 26.7 Å². The molecule has 3 rings (SSSR count). The molecule has 3 aromatic rings. The highest BCUT2D eigenvalue weighted by atomic mass is 16.5. The summed E-state index contributed by atoms with van der Waals surface area (Å²) in [4.78, 5) is 34.3. The van der Waals surface area contributed by atoms with Crippen molar-refractivity contribution in [1.82, 2.24) is 15.0 Å². The Labute approximate surface area is 131 Å². The molecule has 0 unspecified atom stereocenters. The van der Waals surface area contributed by atoms with Gasteiger partial charge in [0.2, 0.25) is 0 Å². The van der Waals surface area contributed by atoms with E-state index in [1.807, 2.05) is 24.3 Å². The molecule has 23 heavy (non-hydrogen) atoms. The van der Waals surface area contributed by atoms with Gasteiger partial charge in [-0.25, -0.2) is 14.8 Å². The van der Waals surface area contributed by atoms with Crippen molar-refractivity contribution in [1.29, 1.82) is 0 Å². The molecule has 0 saturated carbocycles. The first-order chi connectivity index (χ1) is 11.0. The number of aromatic amines is 1. The number of Topliss-reactive ketones (excluding diaryl/α,β-unsaturated/α-hetero) is 1. The summed E-state index contributed by atoms with van der Waals surface area (Å²) in [6.07, 6.45) is 1.46. The van der Waals surface area contributed by atoms with Crippen LogP contribution < -0.4 is 5.73 Å². The Kier molecular flexibility index (Phi) is 3.76. The number of benzene rings is 1. The van der Waals surface area contributed by atoms with Gasteiger partial charge in [-0.05, 0) is 25.1 Å². The normalized spacial score (nSPS) is 10.7. The average molecular weight is 310 g/mol. The number of aromatic nitrogens is 3. The van der Waals surface area contributed by atoms with Gasteiger partial charge in [-0.2, -0.15) is 0 Å². The summed E-state index contributed by atoms with van der Waals surface area (Å²) in [5.74, 6) is -0.0768. The highest BCUT2D eigenvalue weighted by Gasteiger charge is 2.13. The molecule has 0 aliphatic carbocycles. The Balaban J connectivity index is 1.74. The smallest absolute Gasteiger partial charge is 0.355 e. The minimum absolute atomic E-state index is 0.109. The van der Waals surface area contributed by atoms with E-state index in [4.69, 9.17) is 10.5 Å². The number of carbonyl (C=O) groups excluding carboxylic acids is 2. The van der Waals surface area contributed by atoms with E-state index in [1.54, 1.807) is 0 Å². The monoisotopic (exact) mass is 310 g/mol. The van der Waals surface area contributed by atoms with E-state index in [2.05, 4.69) is 15.0 Å². The number of anilines is 1. The summed E-state index contributed by atoms with van der Waals surface area (Å²) >= 11 is 0. The van der Waals surface area contributed by atoms with Crippen molar-refractivity contribution in [2.75, 3.05) is 5.73 Å². The fraction of sp³-hybridized carbons (Fsp3) is 0.125. The van der Waals surface area contributed by atoms with Crippen LogP contribution in [-0.2, 0) is 11.3 Å². The second kappa shape index (κ2) is 5.88. The first kappa shape index (κ1) is 14.7. The number of ether oxygens (including phenoxy) is 1. The molecule has 2 aromatic heterocycles. The molecule has 0 atom stereocenters. The summed E-state index contributed by atoms with van der Waals surface area (Å²) < 4.78 is 5.15. The molecule has 2 heterocycles. The third-order valence-electron chi connectivity index (χ3n) is 3.32. The third kappa shape index (κ3) is 3.03. The van der Waals surface area contributed by atoms with Gasteiger partial charge < -0.3 is 15.5 Å². The van der Waals surface area contributed by atoms with Crippen LogP contribution >= 0.6 is 0 Å². The van der Waals surface area contributed by atoms with E-state index < -0.39 is 5.97 Å². The van der Waals surface area contributed by atoms with Gasteiger partial charge in [0, 0.05) is 17.1 Å². The molecule has 0 bridgehead atoms. The lowest BCUT2D eigenvalue weighted by atomic mass is 10.2. The van der Waals surface area contributed by atoms with E-state index in [0.717, 1.165) is 5.39 Å². The Morgan fingerprint density at radius 3 is 2.78 bits per heavy atom. The second-order valence-corrected chi connectivity index (χ2v) is 4.98. The number of fused-ring (bicyclic) bond motifs is 1. The van der Waals surface area contributed by atoms with Gasteiger partial charge in [-0.15, -0.1) is 0 Å². The van der Waals surface area contributed by atoms with Crippen molar-refractivity contribution in [3.63, 3.8) is 0 Å². The van der Waals surface area contributed by atoms with Gasteiger partial charge in [0.15, 0.2) is 18.2 Å². The number of hydrogen-bond donors (Lipinski definition) is 2. The van der Waals surface area contributed by atoms with E-state index in [0.29, 0.717) is 22.7 Å². The number of esters is 1. The molecule has 0 radical (unpaired) electrons. The van der Waals surface area contributed by atoms with Crippen LogP contribution in [0, 0.1) is 0 Å². The maximum absolute atomic E-state index is 12.0. The first-order valence-electron chi connectivity index (χ1n) is 6.92. The Hall–Kier alpha value is -3.22. The molecule has 1 aromatic carbocycles. The fourth-order valence-electron chi connectivity index (χ4n) is 2.14. The summed E-state index contributed by atoms with van der Waals surface area (Å²) in [6, 6.07) is 8.76. The van der Waals surface area contributed by atoms with E-state index in [1.165, 1.54) is 19.2 Å². The molecule has 0 fully saturated rings. The zero-order valence-electron chi connectivity index (χ0n) is 12.4. The Bertz CT molecular complexity index is 901. The number of nitrogens with one attached hydrogen (secondary N) is 1. The van der Waals surface area contributed by atoms with Crippen molar-refractivity contribution in [3.8, 4) is 0 Å². The molecule has 0 spiro atoms. The molecule has 7 nitrogen and oxygen atoms in total. The van der Waals surface area contributed by atoms with Crippen molar-refractivity contribution in [3.05, 3.63) is 53.6 Å². The molecule has 7 heteroatoms. The molecule has 0 aliphatic rings. The van der Waals surface area contributed by atoms with Gasteiger partial charge in [0.1, 0.15) is 11.5 Å². The van der Waals surface area contributed by atoms with Gasteiger partial charge in [-0.1, -0.05) is 12.1 Å². The zero-order valence-corrected chi connectivity index (χ0v) is 12.4.